The number of carboxylic acid groups (broad SMARTS) is 1. The average molecular weight is 841 g/mol. The molecule has 0 fully saturated rings. The van der Waals surface area contributed by atoms with Crippen LogP contribution in [0.4, 0.5) is 0 Å². The van der Waals surface area contributed by atoms with Crippen molar-refractivity contribution >= 4 is 91.6 Å². The summed E-state index contributed by atoms with van der Waals surface area (Å²) in [4.78, 5) is 29.4. The first-order chi connectivity index (χ1) is 18.7. The highest BCUT2D eigenvalue weighted by Gasteiger charge is 2.50. The normalized spacial score (nSPS) is 21.4. The number of methoxy groups -OCH3 is 1. The van der Waals surface area contributed by atoms with Gasteiger partial charge in [-0.3, -0.25) is 14.1 Å². The number of carbonyl (C=O) groups excluding carboxylic acids is 1. The summed E-state index contributed by atoms with van der Waals surface area (Å²) in [5, 5.41) is 26.5. The van der Waals surface area contributed by atoms with Crippen molar-refractivity contribution in [2.24, 2.45) is 5.16 Å². The minimum absolute atomic E-state index is 0.0342. The van der Waals surface area contributed by atoms with Gasteiger partial charge in [0.1, 0.15) is 29.4 Å². The number of amides is 1. The summed E-state index contributed by atoms with van der Waals surface area (Å²) < 4.78 is 45.5. The molecule has 13 nitrogen and oxygen atoms in total. The molecular formula is C22H23Br4N3O10S. The molecule has 1 aliphatic carbocycles. The van der Waals surface area contributed by atoms with E-state index in [0.29, 0.717) is 41.4 Å². The van der Waals surface area contributed by atoms with Crippen molar-refractivity contribution in [3.8, 4) is 5.75 Å². The van der Waals surface area contributed by atoms with Gasteiger partial charge >= 0.3 is 16.3 Å². The van der Waals surface area contributed by atoms with E-state index < -0.39 is 39.9 Å². The van der Waals surface area contributed by atoms with Gasteiger partial charge < -0.3 is 29.8 Å². The molecule has 40 heavy (non-hydrogen) atoms. The van der Waals surface area contributed by atoms with Crippen LogP contribution in [-0.2, 0) is 35.9 Å². The number of hydrogen-bond donors (Lipinski definition) is 5. The van der Waals surface area contributed by atoms with E-state index in [1.807, 2.05) is 0 Å². The number of ether oxygens (including phenoxy) is 2. The van der Waals surface area contributed by atoms with E-state index in [1.165, 1.54) is 7.11 Å². The Balaban J connectivity index is 1.50. The van der Waals surface area contributed by atoms with Gasteiger partial charge in [-0.25, -0.2) is 0 Å². The molecule has 220 valence electrons. The van der Waals surface area contributed by atoms with Crippen molar-refractivity contribution in [2.75, 3.05) is 20.3 Å². The second-order valence-corrected chi connectivity index (χ2v) is 13.2. The van der Waals surface area contributed by atoms with E-state index >= 15 is 0 Å². The molecule has 0 radical (unpaired) electrons. The smallest absolute Gasteiger partial charge is 0.334 e. The first-order valence-electron chi connectivity index (χ1n) is 11.3. The van der Waals surface area contributed by atoms with Gasteiger partial charge in [-0.05, 0) is 100 Å². The van der Waals surface area contributed by atoms with Gasteiger partial charge in [0, 0.05) is 13.0 Å². The fourth-order valence-corrected chi connectivity index (χ4v) is 7.68. The average Bonchev–Trinajstić information content (AvgIpc) is 3.27. The van der Waals surface area contributed by atoms with Crippen molar-refractivity contribution in [2.45, 2.75) is 37.0 Å². The molecule has 1 aliphatic heterocycles. The number of rotatable bonds is 12. The van der Waals surface area contributed by atoms with Crippen LogP contribution in [0.1, 0.15) is 18.4 Å². The summed E-state index contributed by atoms with van der Waals surface area (Å²) in [6.07, 6.45) is 0.686. The molecule has 0 saturated carbocycles. The highest BCUT2D eigenvalue weighted by Crippen LogP contribution is 2.44. The lowest BCUT2D eigenvalue weighted by atomic mass is 9.87. The van der Waals surface area contributed by atoms with Gasteiger partial charge in [0.2, 0.25) is 0 Å². The Morgan fingerprint density at radius 1 is 1.25 bits per heavy atom. The van der Waals surface area contributed by atoms with E-state index in [4.69, 9.17) is 18.9 Å². The largest absolute Gasteiger partial charge is 0.495 e. The molecule has 0 saturated heterocycles. The topological polar surface area (TPSA) is 193 Å². The number of nitrogens with zero attached hydrogens (tertiary/aromatic N) is 1. The first kappa shape index (κ1) is 33.0. The number of carbonyl (C=O) groups is 2. The molecule has 1 spiro atoms. The van der Waals surface area contributed by atoms with Crippen molar-refractivity contribution in [3.63, 3.8) is 0 Å². The number of oxime groups is 1. The molecule has 1 aromatic rings. The summed E-state index contributed by atoms with van der Waals surface area (Å²) in [5.74, 6) is -1.09. The number of benzene rings is 1. The second-order valence-electron chi connectivity index (χ2n) is 8.57. The van der Waals surface area contributed by atoms with Crippen molar-refractivity contribution < 1.29 is 47.1 Å². The van der Waals surface area contributed by atoms with E-state index in [9.17, 15) is 28.2 Å². The van der Waals surface area contributed by atoms with E-state index in [2.05, 4.69) is 74.2 Å². The molecular weight excluding hydrogens is 818 g/mol. The molecule has 1 unspecified atom stereocenters. The molecule has 3 rings (SSSR count). The second kappa shape index (κ2) is 13.6. The van der Waals surface area contributed by atoms with E-state index in [1.54, 1.807) is 22.9 Å². The molecule has 3 atom stereocenters. The molecule has 0 bridgehead atoms. The Kier molecular flexibility index (Phi) is 11.2. The molecule has 1 aromatic carbocycles. The Hall–Kier alpha value is -1.54. The van der Waals surface area contributed by atoms with Crippen molar-refractivity contribution in [1.82, 2.24) is 10.0 Å². The third kappa shape index (κ3) is 8.05. The summed E-state index contributed by atoms with van der Waals surface area (Å²) in [5.41, 5.74) is -0.695. The maximum Gasteiger partial charge on any atom is 0.334 e. The van der Waals surface area contributed by atoms with E-state index in [-0.39, 0.29) is 31.7 Å². The van der Waals surface area contributed by atoms with Crippen LogP contribution in [0.3, 0.4) is 0 Å². The number of allylic oxidation sites excluding steroid dienone is 1. The lowest BCUT2D eigenvalue weighted by Crippen LogP contribution is -2.45. The van der Waals surface area contributed by atoms with Crippen LogP contribution in [-0.4, -0.2) is 78.8 Å². The molecule has 1 heterocycles. The predicted molar refractivity (Wildman–Crippen MR) is 157 cm³/mol. The SMILES string of the molecule is COC1=C(Br)[C@@H](O)[C@]2(C=C1Br)CC(C(=O)NCCCOc1c(Br)cc(CC(NS(=O)(=O)O)C(=O)O)cc1Br)=NO2. The number of hydrogen-bond acceptors (Lipinski definition) is 9. The lowest BCUT2D eigenvalue weighted by molar-refractivity contribution is -0.139. The van der Waals surface area contributed by atoms with Gasteiger partial charge in [0.05, 0.1) is 31.6 Å². The van der Waals surface area contributed by atoms with Gasteiger partial charge in [0.15, 0.2) is 5.60 Å². The predicted octanol–water partition coefficient (Wildman–Crippen LogP) is 2.91. The number of nitrogens with one attached hydrogen (secondary N) is 2. The molecule has 2 aliphatic rings. The van der Waals surface area contributed by atoms with Crippen molar-refractivity contribution in [1.29, 1.82) is 0 Å². The van der Waals surface area contributed by atoms with Crippen LogP contribution >= 0.6 is 63.7 Å². The van der Waals surface area contributed by atoms with Crippen LogP contribution in [0, 0.1) is 0 Å². The van der Waals surface area contributed by atoms with E-state index in [0.717, 1.165) is 0 Å². The quantitative estimate of drug-likeness (QED) is 0.155. The maximum atomic E-state index is 12.6. The highest BCUT2D eigenvalue weighted by molar-refractivity contribution is 9.12. The molecule has 0 aromatic heterocycles. The Morgan fingerprint density at radius 3 is 2.48 bits per heavy atom. The van der Waals surface area contributed by atoms with Gasteiger partial charge in [-0.2, -0.15) is 13.1 Å². The first-order valence-corrected chi connectivity index (χ1v) is 15.9. The van der Waals surface area contributed by atoms with Gasteiger partial charge in [-0.15, -0.1) is 0 Å². The lowest BCUT2D eigenvalue weighted by Gasteiger charge is -2.33. The van der Waals surface area contributed by atoms with Crippen LogP contribution in [0.15, 0.2) is 47.0 Å². The van der Waals surface area contributed by atoms with Gasteiger partial charge in [-0.1, -0.05) is 5.16 Å². The summed E-state index contributed by atoms with van der Waals surface area (Å²) in [7, 11) is -3.25. The number of aliphatic hydroxyl groups excluding tert-OH is 1. The van der Waals surface area contributed by atoms with Crippen LogP contribution < -0.4 is 14.8 Å². The third-order valence-electron chi connectivity index (χ3n) is 5.68. The summed E-state index contributed by atoms with van der Waals surface area (Å²) in [6, 6.07) is 1.55. The number of carboxylic acids is 1. The fourth-order valence-electron chi connectivity index (χ4n) is 3.83. The minimum atomic E-state index is -4.71. The number of aliphatic carboxylic acids is 1. The minimum Gasteiger partial charge on any atom is -0.495 e. The zero-order valence-electron chi connectivity index (χ0n) is 20.5. The fraction of sp³-hybridized carbons (Fsp3) is 0.409. The zero-order chi connectivity index (χ0) is 29.8. The van der Waals surface area contributed by atoms with Gasteiger partial charge in [0.25, 0.3) is 5.91 Å². The number of halogens is 4. The molecule has 18 heteroatoms. The Morgan fingerprint density at radius 2 is 1.90 bits per heavy atom. The Labute approximate surface area is 262 Å². The summed E-state index contributed by atoms with van der Waals surface area (Å²) in [6.45, 7) is 0.455. The third-order valence-corrected chi connectivity index (χ3v) is 8.83. The van der Waals surface area contributed by atoms with Crippen LogP contribution in [0.2, 0.25) is 0 Å². The monoisotopic (exact) mass is 837 g/mol. The highest BCUT2D eigenvalue weighted by atomic mass is 79.9. The van der Waals surface area contributed by atoms with Crippen molar-refractivity contribution in [3.05, 3.63) is 47.4 Å². The zero-order valence-corrected chi connectivity index (χ0v) is 27.6. The number of aliphatic hydroxyl groups is 1. The summed E-state index contributed by atoms with van der Waals surface area (Å²) >= 11 is 13.4. The standard InChI is InChI=1S/C22H23Br4N3O10S/c1-37-18-13(25)8-22(19(30)16(18)26)9-15(28-39-22)20(31)27-3-2-4-38-17-11(23)5-10(6-12(17)24)7-14(21(32)33)29-40(34,35)36/h5-6,8,14,19,29-30H,2-4,7,9H2,1H3,(H,27,31)(H,32,33)(H,34,35,36)/t14?,19-,22+/m1/s1. The maximum absolute atomic E-state index is 12.6. The Bertz CT molecular complexity index is 1360. The molecule has 1 amide bonds. The van der Waals surface area contributed by atoms with Crippen LogP contribution in [0.25, 0.3) is 0 Å². The van der Waals surface area contributed by atoms with Crippen LogP contribution in [0.5, 0.6) is 5.75 Å². The molecule has 5 N–H and O–H groups in total.